The molecule has 1 aromatic rings. The molecule has 1 aromatic heterocycles. The van der Waals surface area contributed by atoms with E-state index in [1.807, 2.05) is 0 Å². The summed E-state index contributed by atoms with van der Waals surface area (Å²) in [4.78, 5) is 3.72. The average molecular weight is 196 g/mol. The molecule has 0 aliphatic carbocycles. The highest BCUT2D eigenvalue weighted by Gasteiger charge is 2.13. The highest BCUT2D eigenvalue weighted by atomic mass is 32.2. The van der Waals surface area contributed by atoms with Gasteiger partial charge < -0.3 is 0 Å². The molecule has 0 saturated carbocycles. The van der Waals surface area contributed by atoms with Crippen LogP contribution in [0, 0.1) is 18.3 Å². The molecule has 0 fully saturated rings. The number of sulfone groups is 1. The molecule has 68 valence electrons. The van der Waals surface area contributed by atoms with Crippen LogP contribution in [0.25, 0.3) is 0 Å². The molecule has 0 spiro atoms. The van der Waals surface area contributed by atoms with Crippen LogP contribution >= 0.6 is 0 Å². The zero-order valence-corrected chi connectivity index (χ0v) is 8.09. The number of aromatic nitrogens is 1. The summed E-state index contributed by atoms with van der Waals surface area (Å²) in [6.07, 6.45) is 2.53. The predicted molar refractivity (Wildman–Crippen MR) is 46.8 cm³/mol. The fraction of sp³-hybridized carbons (Fsp3) is 0.250. The Labute approximate surface area is 76.8 Å². The van der Waals surface area contributed by atoms with Gasteiger partial charge in [0.2, 0.25) is 0 Å². The maximum atomic E-state index is 11.2. The van der Waals surface area contributed by atoms with Gasteiger partial charge >= 0.3 is 0 Å². The standard InChI is InChI=1S/C8H8N2O2S/c1-6-3-8(13(2,11)12)7(4-9)10-5-6/h3,5H,1-2H3. The van der Waals surface area contributed by atoms with Crippen LogP contribution in [0.5, 0.6) is 0 Å². The molecule has 1 heterocycles. The van der Waals surface area contributed by atoms with Crippen molar-refractivity contribution in [3.8, 4) is 6.07 Å². The summed E-state index contributed by atoms with van der Waals surface area (Å²) in [7, 11) is -3.35. The Morgan fingerprint density at radius 3 is 2.62 bits per heavy atom. The molecule has 0 bridgehead atoms. The quantitative estimate of drug-likeness (QED) is 0.661. The van der Waals surface area contributed by atoms with Gasteiger partial charge in [-0.2, -0.15) is 5.26 Å². The van der Waals surface area contributed by atoms with Gasteiger partial charge in [0.25, 0.3) is 0 Å². The average Bonchev–Trinajstić information content (AvgIpc) is 2.03. The lowest BCUT2D eigenvalue weighted by Crippen LogP contribution is -2.02. The van der Waals surface area contributed by atoms with E-state index in [0.29, 0.717) is 0 Å². The molecule has 0 aliphatic heterocycles. The summed E-state index contributed by atoms with van der Waals surface area (Å²) in [6.45, 7) is 1.73. The van der Waals surface area contributed by atoms with E-state index < -0.39 is 9.84 Å². The van der Waals surface area contributed by atoms with Gasteiger partial charge in [0, 0.05) is 12.5 Å². The number of pyridine rings is 1. The smallest absolute Gasteiger partial charge is 0.178 e. The highest BCUT2D eigenvalue weighted by molar-refractivity contribution is 7.90. The maximum absolute atomic E-state index is 11.2. The number of rotatable bonds is 1. The van der Waals surface area contributed by atoms with Crippen molar-refractivity contribution in [3.05, 3.63) is 23.5 Å². The van der Waals surface area contributed by atoms with Crippen LogP contribution < -0.4 is 0 Å². The molecule has 0 N–H and O–H groups in total. The van der Waals surface area contributed by atoms with Gasteiger partial charge in [-0.15, -0.1) is 0 Å². The van der Waals surface area contributed by atoms with Crippen molar-refractivity contribution < 1.29 is 8.42 Å². The molecule has 0 atom stereocenters. The summed E-state index contributed by atoms with van der Waals surface area (Å²) < 4.78 is 22.3. The van der Waals surface area contributed by atoms with Gasteiger partial charge in [-0.25, -0.2) is 13.4 Å². The second-order valence-electron chi connectivity index (χ2n) is 2.74. The van der Waals surface area contributed by atoms with E-state index in [2.05, 4.69) is 4.98 Å². The van der Waals surface area contributed by atoms with E-state index in [0.717, 1.165) is 11.8 Å². The molecule has 0 aromatic carbocycles. The molecule has 0 amide bonds. The molecule has 0 unspecified atom stereocenters. The number of hydrogen-bond donors (Lipinski definition) is 0. The molecular weight excluding hydrogens is 188 g/mol. The van der Waals surface area contributed by atoms with Gasteiger partial charge in [-0.3, -0.25) is 0 Å². The zero-order chi connectivity index (χ0) is 10.1. The lowest BCUT2D eigenvalue weighted by atomic mass is 10.3. The van der Waals surface area contributed by atoms with Crippen molar-refractivity contribution in [1.29, 1.82) is 5.26 Å². The number of aryl methyl sites for hydroxylation is 1. The molecular formula is C8H8N2O2S. The topological polar surface area (TPSA) is 70.8 Å². The van der Waals surface area contributed by atoms with Gasteiger partial charge in [0.1, 0.15) is 11.0 Å². The third kappa shape index (κ3) is 2.04. The van der Waals surface area contributed by atoms with Crippen LogP contribution in [0.15, 0.2) is 17.2 Å². The zero-order valence-electron chi connectivity index (χ0n) is 7.27. The second kappa shape index (κ2) is 3.15. The highest BCUT2D eigenvalue weighted by Crippen LogP contribution is 2.13. The second-order valence-corrected chi connectivity index (χ2v) is 4.73. The number of nitriles is 1. The number of nitrogens with zero attached hydrogens (tertiary/aromatic N) is 2. The van der Waals surface area contributed by atoms with E-state index in [4.69, 9.17) is 5.26 Å². The maximum Gasteiger partial charge on any atom is 0.178 e. The van der Waals surface area contributed by atoms with E-state index >= 15 is 0 Å². The van der Waals surface area contributed by atoms with E-state index in [9.17, 15) is 8.42 Å². The predicted octanol–water partition coefficient (Wildman–Crippen LogP) is 0.665. The van der Waals surface area contributed by atoms with Crippen molar-refractivity contribution in [3.63, 3.8) is 0 Å². The summed E-state index contributed by atoms with van der Waals surface area (Å²) >= 11 is 0. The first-order valence-electron chi connectivity index (χ1n) is 3.52. The lowest BCUT2D eigenvalue weighted by molar-refractivity contribution is 0.601. The molecule has 0 aliphatic rings. The molecule has 13 heavy (non-hydrogen) atoms. The molecule has 4 nitrogen and oxygen atoms in total. The van der Waals surface area contributed by atoms with E-state index in [1.165, 1.54) is 12.3 Å². The van der Waals surface area contributed by atoms with Gasteiger partial charge in [0.05, 0.1) is 0 Å². The molecule has 5 heteroatoms. The minimum atomic E-state index is -3.35. The van der Waals surface area contributed by atoms with E-state index in [1.54, 1.807) is 13.0 Å². The Morgan fingerprint density at radius 1 is 1.54 bits per heavy atom. The van der Waals surface area contributed by atoms with Crippen LogP contribution in [0.4, 0.5) is 0 Å². The Bertz CT molecular complexity index is 471. The van der Waals surface area contributed by atoms with Crippen molar-refractivity contribution in [2.24, 2.45) is 0 Å². The van der Waals surface area contributed by atoms with Crippen LogP contribution in [-0.4, -0.2) is 19.7 Å². The van der Waals surface area contributed by atoms with Crippen molar-refractivity contribution in [2.75, 3.05) is 6.26 Å². The first-order chi connectivity index (χ1) is 5.95. The fourth-order valence-electron chi connectivity index (χ4n) is 0.909. The van der Waals surface area contributed by atoms with Gasteiger partial charge in [-0.1, -0.05) is 0 Å². The fourth-order valence-corrected chi connectivity index (χ4v) is 1.76. The Balaban J connectivity index is 3.53. The minimum absolute atomic E-state index is 0.00463. The Hall–Kier alpha value is -1.41. The van der Waals surface area contributed by atoms with Crippen molar-refractivity contribution in [2.45, 2.75) is 11.8 Å². The minimum Gasteiger partial charge on any atom is -0.244 e. The van der Waals surface area contributed by atoms with E-state index in [-0.39, 0.29) is 10.6 Å². The van der Waals surface area contributed by atoms with Crippen LogP contribution in [0.3, 0.4) is 0 Å². The summed E-state index contributed by atoms with van der Waals surface area (Å²) in [5.41, 5.74) is 0.674. The summed E-state index contributed by atoms with van der Waals surface area (Å²) in [5.74, 6) is 0. The third-order valence-electron chi connectivity index (χ3n) is 1.49. The first-order valence-corrected chi connectivity index (χ1v) is 5.41. The lowest BCUT2D eigenvalue weighted by Gasteiger charge is -2.00. The molecule has 0 radical (unpaired) electrons. The molecule has 0 saturated heterocycles. The summed E-state index contributed by atoms with van der Waals surface area (Å²) in [6, 6.07) is 3.18. The first kappa shape index (κ1) is 9.68. The SMILES string of the molecule is Cc1cnc(C#N)c(S(C)(=O)=O)c1. The Morgan fingerprint density at radius 2 is 2.15 bits per heavy atom. The van der Waals surface area contributed by atoms with Gasteiger partial charge in [-0.05, 0) is 18.6 Å². The number of hydrogen-bond acceptors (Lipinski definition) is 4. The van der Waals surface area contributed by atoms with Crippen LogP contribution in [0.1, 0.15) is 11.3 Å². The van der Waals surface area contributed by atoms with Gasteiger partial charge in [0.15, 0.2) is 15.5 Å². The normalized spacial score (nSPS) is 10.8. The summed E-state index contributed by atoms with van der Waals surface area (Å²) in [5, 5.41) is 8.60. The molecule has 1 rings (SSSR count). The third-order valence-corrected chi connectivity index (χ3v) is 2.60. The van der Waals surface area contributed by atoms with Crippen LogP contribution in [-0.2, 0) is 9.84 Å². The van der Waals surface area contributed by atoms with Crippen LogP contribution in [0.2, 0.25) is 0 Å². The van der Waals surface area contributed by atoms with Crippen molar-refractivity contribution >= 4 is 9.84 Å². The Kier molecular flexibility index (Phi) is 2.34. The largest absolute Gasteiger partial charge is 0.244 e. The monoisotopic (exact) mass is 196 g/mol. The van der Waals surface area contributed by atoms with Crippen molar-refractivity contribution in [1.82, 2.24) is 4.98 Å².